The minimum absolute atomic E-state index is 0.235. The van der Waals surface area contributed by atoms with Crippen LogP contribution in [0.3, 0.4) is 0 Å². The minimum Gasteiger partial charge on any atom is -0.320 e. The van der Waals surface area contributed by atoms with Gasteiger partial charge in [-0.3, -0.25) is 9.48 Å². The lowest BCUT2D eigenvalue weighted by atomic mass is 10.3. The summed E-state index contributed by atoms with van der Waals surface area (Å²) in [6.07, 6.45) is 1.52. The van der Waals surface area contributed by atoms with Crippen molar-refractivity contribution in [1.82, 2.24) is 15.0 Å². The fourth-order valence-corrected chi connectivity index (χ4v) is 1.52. The van der Waals surface area contributed by atoms with Crippen molar-refractivity contribution in [2.75, 3.05) is 5.32 Å². The van der Waals surface area contributed by atoms with Crippen molar-refractivity contribution in [1.29, 1.82) is 0 Å². The van der Waals surface area contributed by atoms with Crippen LogP contribution in [0.1, 0.15) is 10.5 Å². The topological polar surface area (TPSA) is 59.8 Å². The summed E-state index contributed by atoms with van der Waals surface area (Å²) in [7, 11) is 1.68. The van der Waals surface area contributed by atoms with Gasteiger partial charge in [0.25, 0.3) is 5.91 Å². The van der Waals surface area contributed by atoms with E-state index in [1.807, 2.05) is 0 Å². The number of aryl methyl sites for hydroxylation is 1. The number of amides is 1. The first kappa shape index (κ1) is 11.9. The number of anilines is 1. The highest BCUT2D eigenvalue weighted by Gasteiger charge is 2.10. The fourth-order valence-electron chi connectivity index (χ4n) is 1.22. The second kappa shape index (κ2) is 4.73. The van der Waals surface area contributed by atoms with E-state index in [4.69, 9.17) is 23.2 Å². The third-order valence-corrected chi connectivity index (χ3v) is 2.75. The van der Waals surface area contributed by atoms with E-state index in [-0.39, 0.29) is 11.6 Å². The van der Waals surface area contributed by atoms with Crippen LogP contribution in [-0.2, 0) is 7.05 Å². The monoisotopic (exact) mass is 270 g/mol. The van der Waals surface area contributed by atoms with Gasteiger partial charge in [0.2, 0.25) is 0 Å². The van der Waals surface area contributed by atoms with E-state index in [1.54, 1.807) is 25.2 Å². The molecule has 0 bridgehead atoms. The number of rotatable bonds is 2. The molecule has 1 N–H and O–H groups in total. The number of carbonyl (C=O) groups excluding carboxylic acids is 1. The quantitative estimate of drug-likeness (QED) is 0.912. The molecule has 2 aromatic rings. The maximum absolute atomic E-state index is 11.7. The van der Waals surface area contributed by atoms with Crippen molar-refractivity contribution < 1.29 is 4.79 Å². The van der Waals surface area contributed by atoms with E-state index in [1.165, 1.54) is 10.9 Å². The van der Waals surface area contributed by atoms with Gasteiger partial charge in [0, 0.05) is 12.7 Å². The van der Waals surface area contributed by atoms with Gasteiger partial charge in [0.1, 0.15) is 0 Å². The van der Waals surface area contributed by atoms with Crippen LogP contribution >= 0.6 is 23.2 Å². The Morgan fingerprint density at radius 3 is 2.71 bits per heavy atom. The second-order valence-corrected chi connectivity index (χ2v) is 4.17. The summed E-state index contributed by atoms with van der Waals surface area (Å²) in [4.78, 5) is 11.7. The highest BCUT2D eigenvalue weighted by molar-refractivity contribution is 6.42. The van der Waals surface area contributed by atoms with Crippen molar-refractivity contribution in [2.24, 2.45) is 7.05 Å². The molecule has 0 aliphatic heterocycles. The molecular weight excluding hydrogens is 263 g/mol. The number of carbonyl (C=O) groups is 1. The van der Waals surface area contributed by atoms with Crippen molar-refractivity contribution in [3.63, 3.8) is 0 Å². The Labute approximate surface area is 107 Å². The summed E-state index contributed by atoms with van der Waals surface area (Å²) < 4.78 is 1.45. The van der Waals surface area contributed by atoms with Gasteiger partial charge in [-0.25, -0.2) is 0 Å². The fraction of sp³-hybridized carbons (Fsp3) is 0.100. The molecule has 17 heavy (non-hydrogen) atoms. The summed E-state index contributed by atoms with van der Waals surface area (Å²) in [6, 6.07) is 4.83. The van der Waals surface area contributed by atoms with E-state index in [2.05, 4.69) is 15.6 Å². The zero-order valence-corrected chi connectivity index (χ0v) is 10.3. The normalized spacial score (nSPS) is 10.3. The van der Waals surface area contributed by atoms with E-state index >= 15 is 0 Å². The van der Waals surface area contributed by atoms with Gasteiger partial charge in [-0.15, -0.1) is 5.10 Å². The lowest BCUT2D eigenvalue weighted by molar-refractivity contribution is 0.102. The van der Waals surface area contributed by atoms with E-state index in [0.29, 0.717) is 15.7 Å². The molecule has 0 saturated heterocycles. The maximum atomic E-state index is 11.7. The standard InChI is InChI=1S/C10H8Cl2N4O/c1-16-5-9(14-15-16)10(17)13-6-2-3-7(11)8(12)4-6/h2-5H,1H3,(H,13,17). The van der Waals surface area contributed by atoms with Gasteiger partial charge in [-0.05, 0) is 18.2 Å². The summed E-state index contributed by atoms with van der Waals surface area (Å²) in [6.45, 7) is 0. The number of hydrogen-bond donors (Lipinski definition) is 1. The highest BCUT2D eigenvalue weighted by Crippen LogP contribution is 2.25. The van der Waals surface area contributed by atoms with Gasteiger partial charge >= 0.3 is 0 Å². The molecule has 5 nitrogen and oxygen atoms in total. The number of benzene rings is 1. The number of hydrogen-bond acceptors (Lipinski definition) is 3. The van der Waals surface area contributed by atoms with Gasteiger partial charge in [-0.2, -0.15) is 0 Å². The molecule has 0 saturated carbocycles. The van der Waals surface area contributed by atoms with E-state index in [0.717, 1.165) is 0 Å². The molecule has 1 aromatic carbocycles. The Hall–Kier alpha value is -1.59. The van der Waals surface area contributed by atoms with Crippen molar-refractivity contribution in [2.45, 2.75) is 0 Å². The molecule has 1 amide bonds. The molecule has 1 aromatic heterocycles. The smallest absolute Gasteiger partial charge is 0.277 e. The SMILES string of the molecule is Cn1cc(C(=O)Nc2ccc(Cl)c(Cl)c2)nn1. The van der Waals surface area contributed by atoms with Gasteiger partial charge < -0.3 is 5.32 Å². The number of aromatic nitrogens is 3. The zero-order chi connectivity index (χ0) is 12.4. The van der Waals surface area contributed by atoms with Gasteiger partial charge in [0.15, 0.2) is 5.69 Å². The Morgan fingerprint density at radius 2 is 2.12 bits per heavy atom. The van der Waals surface area contributed by atoms with Crippen LogP contribution in [-0.4, -0.2) is 20.9 Å². The molecule has 1 heterocycles. The van der Waals surface area contributed by atoms with E-state index < -0.39 is 0 Å². The first-order valence-electron chi connectivity index (χ1n) is 4.69. The average molecular weight is 271 g/mol. The first-order chi connectivity index (χ1) is 8.06. The summed E-state index contributed by atoms with van der Waals surface area (Å²) >= 11 is 11.6. The molecule has 0 spiro atoms. The average Bonchev–Trinajstić information content (AvgIpc) is 2.70. The number of nitrogens with one attached hydrogen (secondary N) is 1. The molecule has 2 rings (SSSR count). The molecule has 0 radical (unpaired) electrons. The third-order valence-electron chi connectivity index (χ3n) is 2.01. The second-order valence-electron chi connectivity index (χ2n) is 3.36. The molecule has 88 valence electrons. The summed E-state index contributed by atoms with van der Waals surface area (Å²) in [5.41, 5.74) is 0.786. The van der Waals surface area contributed by atoms with Gasteiger partial charge in [-0.1, -0.05) is 28.4 Å². The lowest BCUT2D eigenvalue weighted by Crippen LogP contribution is -2.12. The van der Waals surface area contributed by atoms with Crippen molar-refractivity contribution >= 4 is 34.8 Å². The molecule has 0 fully saturated rings. The van der Waals surface area contributed by atoms with Crippen molar-refractivity contribution in [3.8, 4) is 0 Å². The summed E-state index contributed by atoms with van der Waals surface area (Å²) in [5, 5.41) is 10.8. The zero-order valence-electron chi connectivity index (χ0n) is 8.82. The number of halogens is 2. The maximum Gasteiger partial charge on any atom is 0.277 e. The summed E-state index contributed by atoms with van der Waals surface area (Å²) in [5.74, 6) is -0.350. The van der Waals surface area contributed by atoms with Crippen LogP contribution in [0.4, 0.5) is 5.69 Å². The molecule has 0 aliphatic carbocycles. The van der Waals surface area contributed by atoms with Gasteiger partial charge in [0.05, 0.1) is 16.2 Å². The highest BCUT2D eigenvalue weighted by atomic mass is 35.5. The largest absolute Gasteiger partial charge is 0.320 e. The van der Waals surface area contributed by atoms with Crippen LogP contribution in [0.2, 0.25) is 10.0 Å². The Balaban J connectivity index is 2.15. The Bertz CT molecular complexity index is 567. The first-order valence-corrected chi connectivity index (χ1v) is 5.44. The molecule has 7 heteroatoms. The Kier molecular flexibility index (Phi) is 3.31. The van der Waals surface area contributed by atoms with Crippen LogP contribution in [0.5, 0.6) is 0 Å². The number of nitrogens with zero attached hydrogens (tertiary/aromatic N) is 3. The third kappa shape index (κ3) is 2.75. The van der Waals surface area contributed by atoms with Crippen LogP contribution in [0.25, 0.3) is 0 Å². The molecule has 0 unspecified atom stereocenters. The predicted octanol–water partition coefficient (Wildman–Crippen LogP) is 2.37. The predicted molar refractivity (Wildman–Crippen MR) is 65.4 cm³/mol. The lowest BCUT2D eigenvalue weighted by Gasteiger charge is -2.03. The Morgan fingerprint density at radius 1 is 1.35 bits per heavy atom. The van der Waals surface area contributed by atoms with Crippen LogP contribution in [0.15, 0.2) is 24.4 Å². The molecule has 0 atom stereocenters. The van der Waals surface area contributed by atoms with Crippen LogP contribution < -0.4 is 5.32 Å². The van der Waals surface area contributed by atoms with Crippen LogP contribution in [0, 0.1) is 0 Å². The molecular formula is C10H8Cl2N4O. The van der Waals surface area contributed by atoms with E-state index in [9.17, 15) is 4.79 Å². The van der Waals surface area contributed by atoms with Crippen molar-refractivity contribution in [3.05, 3.63) is 40.1 Å². The molecule has 0 aliphatic rings. The minimum atomic E-state index is -0.350.